The van der Waals surface area contributed by atoms with Crippen LogP contribution in [0.15, 0.2) is 53.0 Å². The molecule has 3 aromatic rings. The quantitative estimate of drug-likeness (QED) is 0.738. The summed E-state index contributed by atoms with van der Waals surface area (Å²) in [5.74, 6) is 0.683. The summed E-state index contributed by atoms with van der Waals surface area (Å²) < 4.78 is 2.52. The van der Waals surface area contributed by atoms with Crippen molar-refractivity contribution < 1.29 is 0 Å². The number of nitrogens with two attached hydrogens (primary N) is 1. The largest absolute Gasteiger partial charge is 0.398 e. The van der Waals surface area contributed by atoms with Gasteiger partial charge < -0.3 is 5.73 Å². The lowest BCUT2D eigenvalue weighted by atomic mass is 10.2. The third kappa shape index (κ3) is 2.22. The van der Waals surface area contributed by atoms with Gasteiger partial charge in [0.05, 0.1) is 5.69 Å². The number of benzene rings is 2. The van der Waals surface area contributed by atoms with Gasteiger partial charge in [-0.15, -0.1) is 5.10 Å². The number of nitrogens with zero attached hydrogens (tertiary/aromatic N) is 4. The predicted molar refractivity (Wildman–Crippen MR) is 76.7 cm³/mol. The van der Waals surface area contributed by atoms with Gasteiger partial charge in [0.1, 0.15) is 0 Å². The number of aromatic nitrogens is 4. The molecule has 0 bridgehead atoms. The number of hydrogen-bond acceptors (Lipinski definition) is 4. The van der Waals surface area contributed by atoms with E-state index in [2.05, 4.69) is 31.5 Å². The van der Waals surface area contributed by atoms with Crippen LogP contribution < -0.4 is 5.73 Å². The second kappa shape index (κ2) is 4.81. The Kier molecular flexibility index (Phi) is 3.00. The van der Waals surface area contributed by atoms with E-state index in [1.807, 2.05) is 48.5 Å². The van der Waals surface area contributed by atoms with Gasteiger partial charge in [-0.1, -0.05) is 30.3 Å². The summed E-state index contributed by atoms with van der Waals surface area (Å²) in [4.78, 5) is 0. The Labute approximate surface area is 118 Å². The van der Waals surface area contributed by atoms with E-state index in [1.165, 1.54) is 0 Å². The molecule has 0 unspecified atom stereocenters. The molecule has 0 atom stereocenters. The minimum absolute atomic E-state index is 0.645. The number of rotatable bonds is 2. The van der Waals surface area contributed by atoms with Crippen LogP contribution in [0.25, 0.3) is 17.1 Å². The molecule has 0 amide bonds. The highest BCUT2D eigenvalue weighted by Crippen LogP contribution is 2.24. The Morgan fingerprint density at radius 1 is 1.05 bits per heavy atom. The van der Waals surface area contributed by atoms with Gasteiger partial charge in [-0.05, 0) is 44.6 Å². The molecule has 1 aromatic heterocycles. The minimum atomic E-state index is 0.645. The van der Waals surface area contributed by atoms with Crippen molar-refractivity contribution >= 4 is 21.6 Å². The topological polar surface area (TPSA) is 69.6 Å². The minimum Gasteiger partial charge on any atom is -0.398 e. The van der Waals surface area contributed by atoms with Crippen LogP contribution in [0.4, 0.5) is 5.69 Å². The highest BCUT2D eigenvalue weighted by atomic mass is 79.9. The second-order valence-electron chi connectivity index (χ2n) is 3.99. The lowest BCUT2D eigenvalue weighted by molar-refractivity contribution is 0.791. The Morgan fingerprint density at radius 2 is 1.84 bits per heavy atom. The summed E-state index contributed by atoms with van der Waals surface area (Å²) in [6.45, 7) is 0. The van der Waals surface area contributed by atoms with Crippen molar-refractivity contribution in [3.05, 3.63) is 53.0 Å². The Hall–Kier alpha value is -2.21. The summed E-state index contributed by atoms with van der Waals surface area (Å²) in [6.07, 6.45) is 0. The summed E-state index contributed by atoms with van der Waals surface area (Å²) in [5, 5.41) is 11.8. The number of hydrogen-bond donors (Lipinski definition) is 1. The lowest BCUT2D eigenvalue weighted by Crippen LogP contribution is -2.01. The first-order valence-electron chi connectivity index (χ1n) is 5.65. The van der Waals surface area contributed by atoms with Crippen molar-refractivity contribution in [1.29, 1.82) is 0 Å². The standard InChI is InChI=1S/C13H10BrN5/c14-11-7-6-10(8-12(11)15)19-13(16-17-18-19)9-4-2-1-3-5-9/h1-8H,15H2. The van der Waals surface area contributed by atoms with Crippen LogP contribution in [0.2, 0.25) is 0 Å². The third-order valence-corrected chi connectivity index (χ3v) is 3.45. The van der Waals surface area contributed by atoms with Crippen molar-refractivity contribution in [2.75, 3.05) is 5.73 Å². The van der Waals surface area contributed by atoms with Crippen molar-refractivity contribution in [3.63, 3.8) is 0 Å². The zero-order valence-electron chi connectivity index (χ0n) is 9.86. The lowest BCUT2D eigenvalue weighted by Gasteiger charge is -2.06. The van der Waals surface area contributed by atoms with Crippen molar-refractivity contribution in [2.24, 2.45) is 0 Å². The molecule has 0 spiro atoms. The Balaban J connectivity index is 2.12. The van der Waals surface area contributed by atoms with Gasteiger partial charge in [0, 0.05) is 15.7 Å². The van der Waals surface area contributed by atoms with Gasteiger partial charge in [-0.25, -0.2) is 0 Å². The van der Waals surface area contributed by atoms with Gasteiger partial charge in [-0.2, -0.15) is 4.68 Å². The van der Waals surface area contributed by atoms with Crippen molar-refractivity contribution in [2.45, 2.75) is 0 Å². The average Bonchev–Trinajstić information content (AvgIpc) is 2.92. The maximum absolute atomic E-state index is 5.89. The van der Waals surface area contributed by atoms with Gasteiger partial charge >= 0.3 is 0 Å². The molecule has 0 aliphatic rings. The van der Waals surface area contributed by atoms with Gasteiger partial charge in [0.2, 0.25) is 0 Å². The monoisotopic (exact) mass is 315 g/mol. The zero-order chi connectivity index (χ0) is 13.2. The molecule has 2 aromatic carbocycles. The van der Waals surface area contributed by atoms with Crippen LogP contribution in [0, 0.1) is 0 Å². The van der Waals surface area contributed by atoms with E-state index in [1.54, 1.807) is 4.68 Å². The molecule has 0 saturated heterocycles. The van der Waals surface area contributed by atoms with Crippen LogP contribution in [-0.2, 0) is 0 Å². The normalized spacial score (nSPS) is 10.6. The Morgan fingerprint density at radius 3 is 2.58 bits per heavy atom. The number of nitrogen functional groups attached to an aromatic ring is 1. The van der Waals surface area contributed by atoms with Crippen LogP contribution in [0.3, 0.4) is 0 Å². The first-order valence-corrected chi connectivity index (χ1v) is 6.44. The molecule has 6 heteroatoms. The average molecular weight is 316 g/mol. The molecule has 19 heavy (non-hydrogen) atoms. The van der Waals surface area contributed by atoms with E-state index >= 15 is 0 Å². The van der Waals surface area contributed by atoms with Crippen LogP contribution in [-0.4, -0.2) is 20.2 Å². The second-order valence-corrected chi connectivity index (χ2v) is 4.84. The molecule has 0 radical (unpaired) electrons. The van der Waals surface area contributed by atoms with Crippen LogP contribution in [0.5, 0.6) is 0 Å². The van der Waals surface area contributed by atoms with E-state index in [0.717, 1.165) is 15.7 Å². The Bertz CT molecular complexity index is 708. The van der Waals surface area contributed by atoms with Crippen LogP contribution >= 0.6 is 15.9 Å². The SMILES string of the molecule is Nc1cc(-n2nnnc2-c2ccccc2)ccc1Br. The predicted octanol–water partition coefficient (Wildman–Crippen LogP) is 2.67. The van der Waals surface area contributed by atoms with E-state index in [0.29, 0.717) is 11.5 Å². The van der Waals surface area contributed by atoms with E-state index in [4.69, 9.17) is 5.73 Å². The molecular weight excluding hydrogens is 306 g/mol. The first-order chi connectivity index (χ1) is 9.25. The maximum atomic E-state index is 5.89. The zero-order valence-corrected chi connectivity index (χ0v) is 11.4. The molecule has 5 nitrogen and oxygen atoms in total. The number of tetrazole rings is 1. The number of halogens is 1. The van der Waals surface area contributed by atoms with Gasteiger partial charge in [-0.3, -0.25) is 0 Å². The molecule has 0 aliphatic heterocycles. The molecular formula is C13H10BrN5. The molecule has 0 fully saturated rings. The summed E-state index contributed by atoms with van der Waals surface area (Å²) in [7, 11) is 0. The molecule has 0 saturated carbocycles. The number of anilines is 1. The summed E-state index contributed by atoms with van der Waals surface area (Å²) in [5.41, 5.74) is 8.31. The fourth-order valence-electron chi connectivity index (χ4n) is 1.79. The molecule has 94 valence electrons. The van der Waals surface area contributed by atoms with Crippen molar-refractivity contribution in [3.8, 4) is 17.1 Å². The summed E-state index contributed by atoms with van der Waals surface area (Å²) >= 11 is 3.37. The molecule has 0 aliphatic carbocycles. The highest BCUT2D eigenvalue weighted by Gasteiger charge is 2.10. The van der Waals surface area contributed by atoms with E-state index < -0.39 is 0 Å². The van der Waals surface area contributed by atoms with E-state index in [9.17, 15) is 0 Å². The fourth-order valence-corrected chi connectivity index (χ4v) is 2.04. The van der Waals surface area contributed by atoms with Crippen molar-refractivity contribution in [1.82, 2.24) is 20.2 Å². The maximum Gasteiger partial charge on any atom is 0.187 e. The van der Waals surface area contributed by atoms with Gasteiger partial charge in [0.15, 0.2) is 5.82 Å². The molecule has 2 N–H and O–H groups in total. The molecule has 3 rings (SSSR count). The summed E-state index contributed by atoms with van der Waals surface area (Å²) in [6, 6.07) is 15.4. The highest BCUT2D eigenvalue weighted by molar-refractivity contribution is 9.10. The van der Waals surface area contributed by atoms with E-state index in [-0.39, 0.29) is 0 Å². The smallest absolute Gasteiger partial charge is 0.187 e. The first kappa shape index (κ1) is 11.9. The third-order valence-electron chi connectivity index (χ3n) is 2.73. The molecule has 1 heterocycles. The fraction of sp³-hybridized carbons (Fsp3) is 0. The van der Waals surface area contributed by atoms with Gasteiger partial charge in [0.25, 0.3) is 0 Å². The van der Waals surface area contributed by atoms with Crippen LogP contribution in [0.1, 0.15) is 0 Å².